The van der Waals surface area contributed by atoms with E-state index in [4.69, 9.17) is 95.4 Å². The van der Waals surface area contributed by atoms with Crippen molar-refractivity contribution in [3.8, 4) is 0 Å². The van der Waals surface area contributed by atoms with E-state index in [2.05, 4.69) is 59.1 Å². The standard InChI is InChI=1S/C13H17NO3.C13H18O4.C12H18O3.C11H13NO3.C11H14O4.C10H14O3.C9H9NO2.C8H12O3.C4H8Br2.2H3NO/c1-2-4-12(3-1)9-13(15-5-6-16-13)7-10-8-14-17-11(10)12;14-8-10-7-13(16-5-6-17-13)9-12(11(10)15)3-1-2-4-12;13-10-3-6-12(14-7-8-15-12)9-11(10)4-1-2-5-11;1-2-10(1)7-11(13-3-4-14-11)5-8-6-12-15-9(8)10;12-6-8-5-11(14-3-4-15-11)7-10(1-2-10)9(8)13;11-8-1-2-10(12-5-6-13-10)7-9(8)3-4-9;11-7-3-6-5-10-12-8(6)9(4-7)1-2-9;9-7-1-3-8(4-2-7)10-5-6-11-8;5-3-1-2-4-6;2*1-2/h8H,1-7,9H2;8,14H,1-7,9H2;1-9H2;6H,1-5,7H2;6,12H,1-5,7H2;1-7H2;5H,1-4H2;1-6H2;1-4H2;2*2H,1H2/b;10-8-;;;8-6-;;;;;;. The molecular weight excluding hydrogens is 1750 g/mol. The Morgan fingerprint density at radius 3 is 0.928 bits per heavy atom. The Bertz CT molecular complexity index is 4210. The van der Waals surface area contributed by atoms with Crippen molar-refractivity contribution < 1.29 is 129 Å². The first-order valence-corrected chi connectivity index (χ1v) is 48.1. The van der Waals surface area contributed by atoms with Gasteiger partial charge in [-0.3, -0.25) is 28.8 Å². The van der Waals surface area contributed by atoms with Gasteiger partial charge in [0.2, 0.25) is 0 Å². The van der Waals surface area contributed by atoms with Crippen LogP contribution in [0.1, 0.15) is 284 Å². The molecule has 32 nitrogen and oxygen atoms in total. The number of carbonyl (C=O) groups excluding carboxylic acids is 6. The molecular formula is C91H129Br2N5O27. The highest BCUT2D eigenvalue weighted by molar-refractivity contribution is 9.09. The van der Waals surface area contributed by atoms with E-state index in [1.165, 1.54) is 75.3 Å². The van der Waals surface area contributed by atoms with Gasteiger partial charge in [-0.05, 0) is 103 Å². The van der Waals surface area contributed by atoms with E-state index >= 15 is 0 Å². The van der Waals surface area contributed by atoms with Crippen molar-refractivity contribution >= 4 is 66.6 Å². The molecule has 12 saturated carbocycles. The SMILES string of the molecule is BrCCCCBr.NO.NO.O=C1/C(=C\O)CC2(CC13CC3)OCCO2.O=C1/C(=C\O)CC2(CC13CCCC3)OCCO2.O=C1CCC2(CC1)OCCO2.O=C1CCC2(CC13CC3)OCCO2.O=C1CCC2(CC13CCCC3)OCCO2.O=C1Cc2cnoc2C2(CC2)C1.c1noc2c1CC1(CC23CC3)OCCO1.c1noc2c1CC1(CC23CCCC3)OCCO1. The van der Waals surface area contributed by atoms with Crippen molar-refractivity contribution in [3.63, 3.8) is 0 Å². The number of alkyl halides is 2. The van der Waals surface area contributed by atoms with Gasteiger partial charge in [-0.15, -0.1) is 0 Å². The summed E-state index contributed by atoms with van der Waals surface area (Å²) in [6.07, 6.45) is 45.7. The number of halogens is 2. The highest BCUT2D eigenvalue weighted by Gasteiger charge is 2.65. The third-order valence-electron chi connectivity index (χ3n) is 30.2. The molecule has 34 heteroatoms. The Balaban J connectivity index is 0.000000109. The number of hydrogen-bond acceptors (Lipinski definition) is 32. The van der Waals surface area contributed by atoms with E-state index in [-0.39, 0.29) is 72.6 Å². The van der Waals surface area contributed by atoms with Crippen LogP contribution in [0.3, 0.4) is 0 Å². The third kappa shape index (κ3) is 20.6. The van der Waals surface area contributed by atoms with Crippen LogP contribution >= 0.6 is 31.9 Å². The highest BCUT2D eigenvalue weighted by Crippen LogP contribution is 2.63. The summed E-state index contributed by atoms with van der Waals surface area (Å²) >= 11 is 6.66. The predicted molar refractivity (Wildman–Crippen MR) is 449 cm³/mol. The van der Waals surface area contributed by atoms with Crippen molar-refractivity contribution in [2.24, 2.45) is 33.5 Å². The van der Waals surface area contributed by atoms with Crippen LogP contribution in [0.15, 0.2) is 55.8 Å². The molecule has 0 bridgehead atoms. The van der Waals surface area contributed by atoms with Gasteiger partial charge in [-0.2, -0.15) is 0 Å². The highest BCUT2D eigenvalue weighted by atomic mass is 79.9. The number of nitrogens with two attached hydrogens (primary N) is 2. The molecule has 125 heavy (non-hydrogen) atoms. The fourth-order valence-corrected chi connectivity index (χ4v) is 24.2. The molecule has 0 atom stereocenters. The maximum atomic E-state index is 12.4. The lowest BCUT2D eigenvalue weighted by atomic mass is 9.67. The molecule has 8 N–H and O–H groups in total. The molecule has 0 amide bonds. The Kier molecular flexibility index (Phi) is 30.1. The molecule has 25 rings (SSSR count). The molecule has 3 aromatic rings. The monoisotopic (exact) mass is 1880 g/mol. The Labute approximate surface area is 746 Å². The first-order chi connectivity index (χ1) is 60.6. The van der Waals surface area contributed by atoms with Crippen LogP contribution in [0, 0.1) is 21.7 Å². The lowest BCUT2D eigenvalue weighted by Crippen LogP contribution is -2.47. The number of rotatable bonds is 3. The van der Waals surface area contributed by atoms with Gasteiger partial charge in [0, 0.05) is 205 Å². The summed E-state index contributed by atoms with van der Waals surface area (Å²) in [5, 5.41) is 45.2. The Morgan fingerprint density at radius 1 is 0.304 bits per heavy atom. The van der Waals surface area contributed by atoms with Crippen LogP contribution in [0.5, 0.6) is 0 Å². The third-order valence-corrected chi connectivity index (χ3v) is 31.3. The fraction of sp³-hybridized carbons (Fsp3) is 0.791. The Morgan fingerprint density at radius 2 is 0.576 bits per heavy atom. The largest absolute Gasteiger partial charge is 0.515 e. The van der Waals surface area contributed by atoms with Crippen molar-refractivity contribution in [2.75, 3.05) is 103 Å². The van der Waals surface area contributed by atoms with Crippen LogP contribution in [0.4, 0.5) is 0 Å². The van der Waals surface area contributed by atoms with Crippen molar-refractivity contribution in [2.45, 2.75) is 326 Å². The fourth-order valence-electron chi connectivity index (χ4n) is 23.5. The van der Waals surface area contributed by atoms with Gasteiger partial charge >= 0.3 is 0 Å². The number of aromatic nitrogens is 3. The number of aliphatic hydroxyl groups excluding tert-OH is 2. The first-order valence-electron chi connectivity index (χ1n) is 45.8. The summed E-state index contributed by atoms with van der Waals surface area (Å²) in [4.78, 5) is 70.2. The molecule has 3 aromatic heterocycles. The average molecular weight is 1880 g/mol. The predicted octanol–water partition coefficient (Wildman–Crippen LogP) is 13.6. The lowest BCUT2D eigenvalue weighted by molar-refractivity contribution is -0.201. The molecule has 7 aliphatic heterocycles. The number of ketones is 6. The number of carbonyl (C=O) groups is 6. The molecule has 10 heterocycles. The van der Waals surface area contributed by atoms with Crippen molar-refractivity contribution in [1.82, 2.24) is 15.5 Å². The lowest BCUT2D eigenvalue weighted by Gasteiger charge is -2.42. The van der Waals surface area contributed by atoms with Crippen LogP contribution in [0.2, 0.25) is 0 Å². The Hall–Kier alpha value is -5.03. The molecule has 0 unspecified atom stereocenters. The van der Waals surface area contributed by atoms with Gasteiger partial charge in [-0.25, -0.2) is 11.8 Å². The van der Waals surface area contributed by atoms with Crippen LogP contribution in [0.25, 0.3) is 0 Å². The minimum Gasteiger partial charge on any atom is -0.515 e. The van der Waals surface area contributed by atoms with Gasteiger partial charge in [0.25, 0.3) is 0 Å². The second-order valence-corrected chi connectivity index (χ2v) is 40.1. The normalized spacial score (nSPS) is 29.0. The topological polar surface area (TPSA) is 443 Å². The zero-order valence-corrected chi connectivity index (χ0v) is 75.5. The minimum atomic E-state index is -0.646. The number of aliphatic hydroxyl groups is 2. The molecule has 0 radical (unpaired) electrons. The summed E-state index contributed by atoms with van der Waals surface area (Å²) < 4.78 is 95.8. The maximum absolute atomic E-state index is 12.4. The minimum absolute atomic E-state index is 0.0252. The molecule has 15 aliphatic carbocycles. The number of nitrogens with zero attached hydrogens (tertiary/aromatic N) is 3. The molecule has 22 aliphatic rings. The van der Waals surface area contributed by atoms with Gasteiger partial charge in [0.15, 0.2) is 52.1 Å². The number of Topliss-reactive ketones (excluding diaryl/α,β-unsaturated/α-hetero) is 6. The second-order valence-electron chi connectivity index (χ2n) is 38.5. The van der Waals surface area contributed by atoms with E-state index in [1.807, 2.05) is 12.4 Å². The number of fused-ring (bicyclic) bond motifs is 6. The molecule has 14 spiro atoms. The summed E-state index contributed by atoms with van der Waals surface area (Å²) in [7, 11) is 0. The van der Waals surface area contributed by atoms with E-state index in [0.717, 1.165) is 214 Å². The van der Waals surface area contributed by atoms with Crippen LogP contribution in [-0.2, 0) is 131 Å². The molecule has 7 saturated heterocycles. The van der Waals surface area contributed by atoms with Gasteiger partial charge in [-0.1, -0.05) is 85.9 Å². The number of hydrogen-bond donors (Lipinski definition) is 6. The van der Waals surface area contributed by atoms with E-state index in [0.29, 0.717) is 165 Å². The van der Waals surface area contributed by atoms with Gasteiger partial charge < -0.3 is 101 Å². The van der Waals surface area contributed by atoms with E-state index < -0.39 is 17.4 Å². The zero-order valence-electron chi connectivity index (χ0n) is 72.3. The quantitative estimate of drug-likeness (QED) is 0.0466. The number of ether oxygens (including phenoxy) is 14. The second kappa shape index (κ2) is 39.8. The number of unbranched alkanes of at least 4 members (excludes halogenated alkanes) is 1. The average Bonchev–Trinajstić information content (AvgIpc) is 1.56. The molecule has 0 aromatic carbocycles. The molecule has 694 valence electrons. The maximum Gasteiger partial charge on any atom is 0.173 e. The van der Waals surface area contributed by atoms with Gasteiger partial charge in [0.1, 0.15) is 40.4 Å². The van der Waals surface area contributed by atoms with Gasteiger partial charge in [0.05, 0.1) is 124 Å². The first kappa shape index (κ1) is 94.6. The summed E-state index contributed by atoms with van der Waals surface area (Å²) in [6, 6.07) is 0. The summed E-state index contributed by atoms with van der Waals surface area (Å²) in [6.45, 7) is 9.39. The summed E-state index contributed by atoms with van der Waals surface area (Å²) in [5.74, 6) is 8.83. The van der Waals surface area contributed by atoms with Crippen molar-refractivity contribution in [1.29, 1.82) is 0 Å². The zero-order chi connectivity index (χ0) is 87.8. The van der Waals surface area contributed by atoms with E-state index in [9.17, 15) is 33.9 Å². The van der Waals surface area contributed by atoms with Crippen LogP contribution < -0.4 is 11.8 Å². The van der Waals surface area contributed by atoms with Crippen molar-refractivity contribution in [3.05, 3.63) is 76.2 Å². The van der Waals surface area contributed by atoms with Crippen LogP contribution in [-0.4, -0.2) is 214 Å². The van der Waals surface area contributed by atoms with E-state index in [1.54, 1.807) is 6.20 Å². The molecule has 19 fully saturated rings. The summed E-state index contributed by atoms with van der Waals surface area (Å²) in [5.41, 5.74) is 4.01. The smallest absolute Gasteiger partial charge is 0.173 e.